The number of aromatic nitrogens is 1. The Bertz CT molecular complexity index is 433. The minimum atomic E-state index is -0.383. The second-order valence-corrected chi connectivity index (χ2v) is 3.19. The van der Waals surface area contributed by atoms with Gasteiger partial charge in [0, 0.05) is 17.1 Å². The molecule has 12 heavy (non-hydrogen) atoms. The number of rotatable bonds is 0. The molecular weight excluding hydrogens is 177 g/mol. The Morgan fingerprint density at radius 2 is 2.17 bits per heavy atom. The summed E-state index contributed by atoms with van der Waals surface area (Å²) in [5, 5.41) is 1.15. The number of H-pyrrole nitrogens is 1. The molecule has 3 heteroatoms. The predicted octanol–water partition coefficient (Wildman–Crippen LogP) is 3.27. The molecule has 0 saturated carbocycles. The first-order valence-corrected chi connectivity index (χ1v) is 3.99. The molecule has 0 fully saturated rings. The van der Waals surface area contributed by atoms with E-state index in [-0.39, 0.29) is 10.8 Å². The first kappa shape index (κ1) is 7.62. The molecule has 2 rings (SSSR count). The van der Waals surface area contributed by atoms with Crippen molar-refractivity contribution >= 4 is 22.5 Å². The second-order valence-electron chi connectivity index (χ2n) is 2.78. The zero-order chi connectivity index (χ0) is 8.72. The number of benzene rings is 1. The minimum Gasteiger partial charge on any atom is -0.361 e. The highest BCUT2D eigenvalue weighted by Gasteiger charge is 2.04. The van der Waals surface area contributed by atoms with Crippen molar-refractivity contribution in [2.24, 2.45) is 0 Å². The summed E-state index contributed by atoms with van der Waals surface area (Å²) < 4.78 is 12.9. The Hall–Kier alpha value is -1.02. The minimum absolute atomic E-state index is 0.171. The summed E-state index contributed by atoms with van der Waals surface area (Å²) in [5.74, 6) is -0.383. The summed E-state index contributed by atoms with van der Waals surface area (Å²) in [5.41, 5.74) is 1.86. The zero-order valence-electron chi connectivity index (χ0n) is 6.49. The maximum Gasteiger partial charge on any atom is 0.143 e. The molecule has 0 aliphatic rings. The number of hydrogen-bond donors (Lipinski definition) is 1. The lowest BCUT2D eigenvalue weighted by Crippen LogP contribution is -1.77. The molecule has 0 aliphatic heterocycles. The van der Waals surface area contributed by atoms with Crippen molar-refractivity contribution in [2.45, 2.75) is 6.92 Å². The van der Waals surface area contributed by atoms with Gasteiger partial charge in [0.2, 0.25) is 0 Å². The van der Waals surface area contributed by atoms with Crippen LogP contribution in [0.1, 0.15) is 5.56 Å². The van der Waals surface area contributed by atoms with Crippen molar-refractivity contribution in [1.29, 1.82) is 0 Å². The molecule has 0 saturated heterocycles. The van der Waals surface area contributed by atoms with Gasteiger partial charge in [0.05, 0.1) is 5.02 Å². The summed E-state index contributed by atoms with van der Waals surface area (Å²) in [6.07, 6.45) is 1.83. The van der Waals surface area contributed by atoms with Gasteiger partial charge in [-0.25, -0.2) is 4.39 Å². The third-order valence-corrected chi connectivity index (χ3v) is 2.22. The van der Waals surface area contributed by atoms with Crippen LogP contribution < -0.4 is 0 Å². The molecular formula is C9H7ClFN. The largest absolute Gasteiger partial charge is 0.361 e. The van der Waals surface area contributed by atoms with E-state index in [2.05, 4.69) is 4.98 Å². The lowest BCUT2D eigenvalue weighted by Gasteiger charge is -1.94. The number of nitrogens with one attached hydrogen (secondary N) is 1. The van der Waals surface area contributed by atoms with Gasteiger partial charge in [-0.3, -0.25) is 0 Å². The molecule has 1 aromatic carbocycles. The number of halogens is 2. The van der Waals surface area contributed by atoms with E-state index >= 15 is 0 Å². The Balaban J connectivity index is 2.87. The van der Waals surface area contributed by atoms with E-state index in [1.165, 1.54) is 6.07 Å². The summed E-state index contributed by atoms with van der Waals surface area (Å²) in [6, 6.07) is 3.04. The smallest absolute Gasteiger partial charge is 0.143 e. The quantitative estimate of drug-likeness (QED) is 0.645. The lowest BCUT2D eigenvalue weighted by atomic mass is 10.2. The molecule has 0 spiro atoms. The van der Waals surface area contributed by atoms with E-state index in [0.29, 0.717) is 0 Å². The SMILES string of the molecule is Cc1c[nH]c2cc(F)c(Cl)cc12. The number of aryl methyl sites for hydroxylation is 1. The molecule has 1 nitrogen and oxygen atoms in total. The van der Waals surface area contributed by atoms with Crippen LogP contribution in [0.3, 0.4) is 0 Å². The molecule has 1 heterocycles. The van der Waals surface area contributed by atoms with Crippen LogP contribution in [0.25, 0.3) is 10.9 Å². The molecule has 62 valence electrons. The van der Waals surface area contributed by atoms with Crippen molar-refractivity contribution < 1.29 is 4.39 Å². The van der Waals surface area contributed by atoms with Gasteiger partial charge in [0.1, 0.15) is 5.82 Å². The van der Waals surface area contributed by atoms with Crippen LogP contribution >= 0.6 is 11.6 Å². The van der Waals surface area contributed by atoms with Crippen molar-refractivity contribution in [3.63, 3.8) is 0 Å². The third kappa shape index (κ3) is 0.994. The van der Waals surface area contributed by atoms with E-state index in [1.54, 1.807) is 6.07 Å². The Labute approximate surface area is 74.2 Å². The summed E-state index contributed by atoms with van der Waals surface area (Å²) in [4.78, 5) is 2.96. The molecule has 0 aliphatic carbocycles. The molecule has 0 unspecified atom stereocenters. The van der Waals surface area contributed by atoms with Crippen molar-refractivity contribution in [1.82, 2.24) is 4.98 Å². The first-order valence-electron chi connectivity index (χ1n) is 3.61. The highest BCUT2D eigenvalue weighted by Crippen LogP contribution is 2.24. The predicted molar refractivity (Wildman–Crippen MR) is 48.0 cm³/mol. The molecule has 0 atom stereocenters. The maximum atomic E-state index is 12.9. The molecule has 0 amide bonds. The van der Waals surface area contributed by atoms with Crippen LogP contribution in [0.5, 0.6) is 0 Å². The van der Waals surface area contributed by atoms with Gasteiger partial charge in [0.25, 0.3) is 0 Å². The fraction of sp³-hybridized carbons (Fsp3) is 0.111. The molecule has 0 radical (unpaired) electrons. The van der Waals surface area contributed by atoms with Gasteiger partial charge >= 0.3 is 0 Å². The molecule has 2 aromatic rings. The van der Waals surface area contributed by atoms with Gasteiger partial charge in [-0.05, 0) is 24.6 Å². The van der Waals surface area contributed by atoms with E-state index in [4.69, 9.17) is 11.6 Å². The highest BCUT2D eigenvalue weighted by atomic mass is 35.5. The van der Waals surface area contributed by atoms with E-state index in [0.717, 1.165) is 16.5 Å². The highest BCUT2D eigenvalue weighted by molar-refractivity contribution is 6.31. The number of hydrogen-bond acceptors (Lipinski definition) is 0. The number of fused-ring (bicyclic) bond motifs is 1. The topological polar surface area (TPSA) is 15.8 Å². The standard InChI is InChI=1S/C9H7ClFN/c1-5-4-12-9-3-8(11)7(10)2-6(5)9/h2-4,12H,1H3. The van der Waals surface area contributed by atoms with E-state index in [1.807, 2.05) is 13.1 Å². The number of aromatic amines is 1. The van der Waals surface area contributed by atoms with Crippen molar-refractivity contribution in [2.75, 3.05) is 0 Å². The van der Waals surface area contributed by atoms with E-state index in [9.17, 15) is 4.39 Å². The molecule has 1 aromatic heterocycles. The van der Waals surface area contributed by atoms with Crippen LogP contribution in [-0.2, 0) is 0 Å². The van der Waals surface area contributed by atoms with E-state index < -0.39 is 0 Å². The third-order valence-electron chi connectivity index (χ3n) is 1.93. The zero-order valence-corrected chi connectivity index (χ0v) is 7.24. The van der Waals surface area contributed by atoms with Crippen LogP contribution in [0.15, 0.2) is 18.3 Å². The second kappa shape index (κ2) is 2.49. The Kier molecular flexibility index (Phi) is 1.58. The van der Waals surface area contributed by atoms with Crippen LogP contribution in [0, 0.1) is 12.7 Å². The Morgan fingerprint density at radius 1 is 1.42 bits per heavy atom. The van der Waals surface area contributed by atoms with Crippen LogP contribution in [0.2, 0.25) is 5.02 Å². The normalized spacial score (nSPS) is 10.9. The first-order chi connectivity index (χ1) is 5.68. The fourth-order valence-corrected chi connectivity index (χ4v) is 1.42. The van der Waals surface area contributed by atoms with Crippen molar-refractivity contribution in [3.8, 4) is 0 Å². The molecule has 1 N–H and O–H groups in total. The fourth-order valence-electron chi connectivity index (χ4n) is 1.26. The van der Waals surface area contributed by atoms with Crippen molar-refractivity contribution in [3.05, 3.63) is 34.7 Å². The van der Waals surface area contributed by atoms with Gasteiger partial charge in [-0.2, -0.15) is 0 Å². The maximum absolute atomic E-state index is 12.9. The van der Waals surface area contributed by atoms with Gasteiger partial charge in [-0.15, -0.1) is 0 Å². The summed E-state index contributed by atoms with van der Waals surface area (Å²) >= 11 is 5.63. The Morgan fingerprint density at radius 3 is 2.92 bits per heavy atom. The summed E-state index contributed by atoms with van der Waals surface area (Å²) in [6.45, 7) is 1.95. The lowest BCUT2D eigenvalue weighted by molar-refractivity contribution is 0.630. The summed E-state index contributed by atoms with van der Waals surface area (Å²) in [7, 11) is 0. The monoisotopic (exact) mass is 183 g/mol. The van der Waals surface area contributed by atoms with Gasteiger partial charge in [0.15, 0.2) is 0 Å². The van der Waals surface area contributed by atoms with Crippen LogP contribution in [0.4, 0.5) is 4.39 Å². The van der Waals surface area contributed by atoms with Gasteiger partial charge < -0.3 is 4.98 Å². The average molecular weight is 184 g/mol. The average Bonchev–Trinajstić information content (AvgIpc) is 2.35. The molecule has 0 bridgehead atoms. The van der Waals surface area contributed by atoms with Gasteiger partial charge in [-0.1, -0.05) is 11.6 Å². The van der Waals surface area contributed by atoms with Crippen LogP contribution in [-0.4, -0.2) is 4.98 Å².